The van der Waals surface area contributed by atoms with E-state index >= 15 is 0 Å². The first-order valence-electron chi connectivity index (χ1n) is 13.0. The van der Waals surface area contributed by atoms with Crippen LogP contribution in [-0.2, 0) is 19.5 Å². The van der Waals surface area contributed by atoms with Crippen LogP contribution in [0.15, 0.2) is 89.8 Å². The highest BCUT2D eigenvalue weighted by molar-refractivity contribution is 9.10. The van der Waals surface area contributed by atoms with E-state index in [1.165, 1.54) is 5.56 Å². The SMILES string of the molecule is Cc1cnc(Nc2ccc(C#N)cc2)nc1N(CCc1ccc(Br)cc1)Cc1nncn1Cc1ccc(C#N)cc1. The molecule has 0 amide bonds. The van der Waals surface area contributed by atoms with Crippen molar-refractivity contribution in [1.82, 2.24) is 24.7 Å². The largest absolute Gasteiger partial charge is 0.348 e. The van der Waals surface area contributed by atoms with Gasteiger partial charge in [-0.25, -0.2) is 4.98 Å². The molecule has 202 valence electrons. The summed E-state index contributed by atoms with van der Waals surface area (Å²) in [6.45, 7) is 3.76. The lowest BCUT2D eigenvalue weighted by Crippen LogP contribution is -2.29. The van der Waals surface area contributed by atoms with Crippen LogP contribution in [0.1, 0.15) is 33.6 Å². The highest BCUT2D eigenvalue weighted by Gasteiger charge is 2.17. The van der Waals surface area contributed by atoms with Crippen molar-refractivity contribution in [3.05, 3.63) is 123 Å². The quantitative estimate of drug-likeness (QED) is 0.209. The second kappa shape index (κ2) is 12.9. The third kappa shape index (κ3) is 7.13. The van der Waals surface area contributed by atoms with Crippen LogP contribution >= 0.6 is 15.9 Å². The zero-order valence-electron chi connectivity index (χ0n) is 22.4. The Morgan fingerprint density at radius 3 is 2.24 bits per heavy atom. The summed E-state index contributed by atoms with van der Waals surface area (Å²) in [6, 6.07) is 27.3. The molecule has 3 aromatic carbocycles. The molecule has 0 spiro atoms. The first kappa shape index (κ1) is 27.5. The van der Waals surface area contributed by atoms with Crippen molar-refractivity contribution < 1.29 is 0 Å². The second-order valence-electron chi connectivity index (χ2n) is 9.50. The average Bonchev–Trinajstić information content (AvgIpc) is 3.44. The fraction of sp³-hybridized carbons (Fsp3) is 0.161. The van der Waals surface area contributed by atoms with Crippen molar-refractivity contribution in [2.24, 2.45) is 0 Å². The summed E-state index contributed by atoms with van der Waals surface area (Å²) >= 11 is 3.51. The fourth-order valence-electron chi connectivity index (χ4n) is 4.33. The molecule has 0 saturated heterocycles. The summed E-state index contributed by atoms with van der Waals surface area (Å²) < 4.78 is 3.06. The van der Waals surface area contributed by atoms with E-state index in [9.17, 15) is 0 Å². The van der Waals surface area contributed by atoms with Gasteiger partial charge in [-0.1, -0.05) is 40.2 Å². The van der Waals surface area contributed by atoms with Gasteiger partial charge in [-0.15, -0.1) is 10.2 Å². The van der Waals surface area contributed by atoms with E-state index in [0.29, 0.717) is 36.7 Å². The number of nitriles is 2. The van der Waals surface area contributed by atoms with E-state index in [1.54, 1.807) is 18.5 Å². The summed E-state index contributed by atoms with van der Waals surface area (Å²) in [6.07, 6.45) is 4.34. The Balaban J connectivity index is 1.42. The number of nitrogens with zero attached hydrogens (tertiary/aromatic N) is 8. The van der Waals surface area contributed by atoms with Crippen molar-refractivity contribution in [2.75, 3.05) is 16.8 Å². The minimum Gasteiger partial charge on any atom is -0.348 e. The lowest BCUT2D eigenvalue weighted by Gasteiger charge is -2.25. The van der Waals surface area contributed by atoms with Crippen LogP contribution in [0.25, 0.3) is 0 Å². The van der Waals surface area contributed by atoms with Gasteiger partial charge >= 0.3 is 0 Å². The number of aryl methyl sites for hydroxylation is 1. The Morgan fingerprint density at radius 2 is 1.56 bits per heavy atom. The molecular formula is C31H26BrN9. The van der Waals surface area contributed by atoms with Gasteiger partial charge in [0.05, 0.1) is 36.4 Å². The first-order valence-corrected chi connectivity index (χ1v) is 13.8. The summed E-state index contributed by atoms with van der Waals surface area (Å²) in [5.74, 6) is 2.05. The van der Waals surface area contributed by atoms with E-state index in [1.807, 2.05) is 66.2 Å². The standard InChI is InChI=1S/C31H26BrN9/c1-22-18-35-31(37-28-12-8-25(17-34)9-13-28)38-30(22)40(15-14-23-6-10-27(32)11-7-23)20-29-39-36-21-41(29)19-26-4-2-24(16-33)3-5-26/h2-13,18,21H,14-15,19-20H2,1H3,(H,35,37,38). The van der Waals surface area contributed by atoms with Crippen LogP contribution in [0.4, 0.5) is 17.5 Å². The monoisotopic (exact) mass is 603 g/mol. The maximum absolute atomic E-state index is 9.12. The Kier molecular flexibility index (Phi) is 8.63. The van der Waals surface area contributed by atoms with E-state index in [0.717, 1.165) is 39.4 Å². The smallest absolute Gasteiger partial charge is 0.229 e. The summed E-state index contributed by atoms with van der Waals surface area (Å²) in [4.78, 5) is 11.6. The molecule has 5 aromatic rings. The van der Waals surface area contributed by atoms with Crippen LogP contribution < -0.4 is 10.2 Å². The number of hydrogen-bond donors (Lipinski definition) is 1. The van der Waals surface area contributed by atoms with Gasteiger partial charge in [0.2, 0.25) is 5.95 Å². The molecule has 41 heavy (non-hydrogen) atoms. The van der Waals surface area contributed by atoms with Crippen LogP contribution in [-0.4, -0.2) is 31.3 Å². The first-order chi connectivity index (χ1) is 20.0. The molecule has 0 radical (unpaired) electrons. The Hall–Kier alpha value is -5.06. The minimum absolute atomic E-state index is 0.461. The highest BCUT2D eigenvalue weighted by atomic mass is 79.9. The van der Waals surface area contributed by atoms with Crippen LogP contribution in [0, 0.1) is 29.6 Å². The molecular weight excluding hydrogens is 578 g/mol. The van der Waals surface area contributed by atoms with Crippen molar-refractivity contribution >= 4 is 33.4 Å². The molecule has 5 rings (SSSR count). The molecule has 10 heteroatoms. The molecule has 0 aliphatic heterocycles. The molecule has 2 aromatic heterocycles. The summed E-state index contributed by atoms with van der Waals surface area (Å²) in [5.41, 5.74) is 5.21. The molecule has 1 N–H and O–H groups in total. The van der Waals surface area contributed by atoms with Gasteiger partial charge in [-0.3, -0.25) is 0 Å². The van der Waals surface area contributed by atoms with Gasteiger partial charge in [-0.2, -0.15) is 15.5 Å². The maximum atomic E-state index is 9.12. The third-order valence-electron chi connectivity index (χ3n) is 6.56. The topological polar surface area (TPSA) is 119 Å². The number of aromatic nitrogens is 5. The van der Waals surface area contributed by atoms with E-state index in [-0.39, 0.29) is 0 Å². The normalized spacial score (nSPS) is 10.5. The van der Waals surface area contributed by atoms with Crippen molar-refractivity contribution in [1.29, 1.82) is 10.5 Å². The molecule has 0 fully saturated rings. The van der Waals surface area contributed by atoms with Gasteiger partial charge in [0, 0.05) is 28.5 Å². The van der Waals surface area contributed by atoms with Crippen molar-refractivity contribution in [3.63, 3.8) is 0 Å². The van der Waals surface area contributed by atoms with Crippen molar-refractivity contribution in [3.8, 4) is 12.1 Å². The van der Waals surface area contributed by atoms with Gasteiger partial charge in [0.1, 0.15) is 12.1 Å². The number of halogens is 1. The third-order valence-corrected chi connectivity index (χ3v) is 7.09. The Bertz CT molecular complexity index is 1700. The zero-order valence-corrected chi connectivity index (χ0v) is 24.0. The summed E-state index contributed by atoms with van der Waals surface area (Å²) in [7, 11) is 0. The number of anilines is 3. The van der Waals surface area contributed by atoms with E-state index in [4.69, 9.17) is 15.5 Å². The molecule has 9 nitrogen and oxygen atoms in total. The van der Waals surface area contributed by atoms with Crippen LogP contribution in [0.3, 0.4) is 0 Å². The molecule has 0 aliphatic rings. The average molecular weight is 605 g/mol. The molecule has 0 aliphatic carbocycles. The lowest BCUT2D eigenvalue weighted by atomic mass is 10.1. The molecule has 0 saturated carbocycles. The molecule has 0 atom stereocenters. The minimum atomic E-state index is 0.461. The van der Waals surface area contributed by atoms with Gasteiger partial charge in [-0.05, 0) is 73.0 Å². The second-order valence-corrected chi connectivity index (χ2v) is 10.4. The molecule has 2 heterocycles. The van der Waals surface area contributed by atoms with Gasteiger partial charge in [0.15, 0.2) is 5.82 Å². The maximum Gasteiger partial charge on any atom is 0.229 e. The predicted molar refractivity (Wildman–Crippen MR) is 160 cm³/mol. The van der Waals surface area contributed by atoms with Gasteiger partial charge in [0.25, 0.3) is 0 Å². The summed E-state index contributed by atoms with van der Waals surface area (Å²) in [5, 5.41) is 30.1. The number of hydrogen-bond acceptors (Lipinski definition) is 8. The number of rotatable bonds is 10. The van der Waals surface area contributed by atoms with Crippen molar-refractivity contribution in [2.45, 2.75) is 26.4 Å². The zero-order chi connectivity index (χ0) is 28.6. The Morgan fingerprint density at radius 1 is 0.902 bits per heavy atom. The number of benzene rings is 3. The molecule has 0 unspecified atom stereocenters. The highest BCUT2D eigenvalue weighted by Crippen LogP contribution is 2.23. The lowest BCUT2D eigenvalue weighted by molar-refractivity contribution is 0.671. The molecule has 0 bridgehead atoms. The fourth-order valence-corrected chi connectivity index (χ4v) is 4.60. The predicted octanol–water partition coefficient (Wildman–Crippen LogP) is 5.92. The van der Waals surface area contributed by atoms with Crippen LogP contribution in [0.5, 0.6) is 0 Å². The van der Waals surface area contributed by atoms with E-state index in [2.05, 4.69) is 65.6 Å². The van der Waals surface area contributed by atoms with Crippen LogP contribution in [0.2, 0.25) is 0 Å². The van der Waals surface area contributed by atoms with E-state index < -0.39 is 0 Å². The number of nitrogens with one attached hydrogen (secondary N) is 1. The Labute approximate surface area is 246 Å². The van der Waals surface area contributed by atoms with Gasteiger partial charge < -0.3 is 14.8 Å².